The van der Waals surface area contributed by atoms with E-state index in [4.69, 9.17) is 16.9 Å². The fourth-order valence-electron chi connectivity index (χ4n) is 1.76. The van der Waals surface area contributed by atoms with E-state index in [1.807, 2.05) is 12.1 Å². The van der Waals surface area contributed by atoms with Gasteiger partial charge in [0.25, 0.3) is 0 Å². The van der Waals surface area contributed by atoms with Crippen molar-refractivity contribution in [3.05, 3.63) is 40.4 Å². The van der Waals surface area contributed by atoms with E-state index in [1.54, 1.807) is 6.07 Å². The van der Waals surface area contributed by atoms with Crippen LogP contribution in [-0.4, -0.2) is 13.1 Å². The van der Waals surface area contributed by atoms with Crippen LogP contribution in [0.25, 0.3) is 5.57 Å². The topological polar surface area (TPSA) is 35.8 Å². The van der Waals surface area contributed by atoms with Crippen molar-refractivity contribution in [1.29, 1.82) is 5.26 Å². The first kappa shape index (κ1) is 13.1. The van der Waals surface area contributed by atoms with Gasteiger partial charge in [-0.05, 0) is 36.2 Å². The number of rotatable bonds is 1. The maximum atomic E-state index is 9.02. The summed E-state index contributed by atoms with van der Waals surface area (Å²) in [5.41, 5.74) is 2.92. The zero-order valence-electron chi connectivity index (χ0n) is 8.66. The van der Waals surface area contributed by atoms with E-state index in [1.165, 1.54) is 5.57 Å². The number of hydrogen-bond acceptors (Lipinski definition) is 2. The zero-order chi connectivity index (χ0) is 10.7. The molecule has 2 nitrogen and oxygen atoms in total. The van der Waals surface area contributed by atoms with Crippen molar-refractivity contribution in [1.82, 2.24) is 5.32 Å². The van der Waals surface area contributed by atoms with E-state index in [9.17, 15) is 0 Å². The fraction of sp³-hybridized carbons (Fsp3) is 0.250. The number of benzene rings is 1. The zero-order valence-corrected chi connectivity index (χ0v) is 10.2. The molecule has 1 aliphatic heterocycles. The quantitative estimate of drug-likeness (QED) is 0.837. The number of nitriles is 1. The average Bonchev–Trinajstić information content (AvgIpc) is 2.30. The number of halogens is 2. The first-order valence-corrected chi connectivity index (χ1v) is 5.29. The third-order valence-electron chi connectivity index (χ3n) is 2.51. The van der Waals surface area contributed by atoms with Gasteiger partial charge < -0.3 is 5.32 Å². The van der Waals surface area contributed by atoms with Crippen molar-refractivity contribution in [2.75, 3.05) is 13.1 Å². The molecule has 1 N–H and O–H groups in total. The van der Waals surface area contributed by atoms with Gasteiger partial charge in [0, 0.05) is 11.6 Å². The lowest BCUT2D eigenvalue weighted by atomic mass is 9.96. The van der Waals surface area contributed by atoms with E-state index < -0.39 is 0 Å². The van der Waals surface area contributed by atoms with Crippen molar-refractivity contribution in [3.63, 3.8) is 0 Å². The molecule has 1 heterocycles. The molecule has 0 aliphatic carbocycles. The van der Waals surface area contributed by atoms with Crippen molar-refractivity contribution in [3.8, 4) is 6.07 Å². The van der Waals surface area contributed by atoms with Crippen LogP contribution in [0.4, 0.5) is 0 Å². The summed E-state index contributed by atoms with van der Waals surface area (Å²) >= 11 is 5.85. The van der Waals surface area contributed by atoms with E-state index in [2.05, 4.69) is 17.5 Å². The number of nitrogens with zero attached hydrogens (tertiary/aromatic N) is 1. The summed E-state index contributed by atoms with van der Waals surface area (Å²) in [6.07, 6.45) is 3.10. The molecule has 1 aromatic carbocycles. The Labute approximate surface area is 106 Å². The third kappa shape index (κ3) is 2.76. The number of nitrogens with one attached hydrogen (secondary N) is 1. The first-order chi connectivity index (χ1) is 7.31. The van der Waals surface area contributed by atoms with Gasteiger partial charge >= 0.3 is 0 Å². The summed E-state index contributed by atoms with van der Waals surface area (Å²) in [6.45, 7) is 1.85. The molecule has 0 spiro atoms. The molecule has 84 valence electrons. The van der Waals surface area contributed by atoms with Gasteiger partial charge in [-0.15, -0.1) is 12.4 Å². The summed E-state index contributed by atoms with van der Waals surface area (Å²) in [7, 11) is 0. The highest BCUT2D eigenvalue weighted by Gasteiger charge is 2.10. The van der Waals surface area contributed by atoms with Gasteiger partial charge in [0.15, 0.2) is 0 Å². The monoisotopic (exact) mass is 254 g/mol. The molecule has 0 atom stereocenters. The second-order valence-corrected chi connectivity index (χ2v) is 3.92. The van der Waals surface area contributed by atoms with Gasteiger partial charge in [-0.25, -0.2) is 0 Å². The van der Waals surface area contributed by atoms with Crippen molar-refractivity contribution < 1.29 is 0 Å². The molecule has 0 radical (unpaired) electrons. The van der Waals surface area contributed by atoms with Gasteiger partial charge in [0.2, 0.25) is 0 Å². The minimum atomic E-state index is 0. The fourth-order valence-corrected chi connectivity index (χ4v) is 1.93. The number of hydrogen-bond donors (Lipinski definition) is 1. The van der Waals surface area contributed by atoms with E-state index >= 15 is 0 Å². The van der Waals surface area contributed by atoms with Crippen LogP contribution in [0.1, 0.15) is 17.5 Å². The highest BCUT2D eigenvalue weighted by Crippen LogP contribution is 2.25. The second kappa shape index (κ2) is 5.91. The first-order valence-electron chi connectivity index (χ1n) is 4.91. The lowest BCUT2D eigenvalue weighted by Gasteiger charge is -2.15. The second-order valence-electron chi connectivity index (χ2n) is 3.49. The summed E-state index contributed by atoms with van der Waals surface area (Å²) in [4.78, 5) is 0. The van der Waals surface area contributed by atoms with Crippen molar-refractivity contribution in [2.45, 2.75) is 6.42 Å². The van der Waals surface area contributed by atoms with Crippen LogP contribution in [0.5, 0.6) is 0 Å². The summed E-state index contributed by atoms with van der Waals surface area (Å²) in [5, 5.41) is 12.9. The van der Waals surface area contributed by atoms with Crippen LogP contribution in [0.3, 0.4) is 0 Å². The summed E-state index contributed by atoms with van der Waals surface area (Å²) in [6, 6.07) is 7.67. The van der Waals surface area contributed by atoms with Gasteiger partial charge in [0.1, 0.15) is 0 Å². The minimum absolute atomic E-state index is 0. The molecule has 4 heteroatoms. The minimum Gasteiger partial charge on any atom is -0.313 e. The Kier molecular flexibility index (Phi) is 4.82. The standard InChI is InChI=1S/C12H11ClN2.ClH/c13-11-1-2-12(10(7-11)8-14)9-3-5-15-6-4-9;/h1-3,7,15H,4-6H2;1H. The SMILES string of the molecule is Cl.N#Cc1cc(Cl)ccc1C1=CCNCC1. The highest BCUT2D eigenvalue weighted by molar-refractivity contribution is 6.30. The Morgan fingerprint density at radius 2 is 2.19 bits per heavy atom. The van der Waals surface area contributed by atoms with Crippen molar-refractivity contribution in [2.24, 2.45) is 0 Å². The van der Waals surface area contributed by atoms with Crippen LogP contribution in [0, 0.1) is 11.3 Å². The lowest BCUT2D eigenvalue weighted by Crippen LogP contribution is -2.20. The summed E-state index contributed by atoms with van der Waals surface area (Å²) in [5.74, 6) is 0. The van der Waals surface area contributed by atoms with E-state index in [0.717, 1.165) is 25.1 Å². The Morgan fingerprint density at radius 3 is 2.81 bits per heavy atom. The van der Waals surface area contributed by atoms with Gasteiger partial charge in [-0.1, -0.05) is 23.7 Å². The molecule has 0 amide bonds. The molecule has 0 aromatic heterocycles. The molecule has 16 heavy (non-hydrogen) atoms. The third-order valence-corrected chi connectivity index (χ3v) is 2.75. The van der Waals surface area contributed by atoms with Crippen LogP contribution in [-0.2, 0) is 0 Å². The van der Waals surface area contributed by atoms with Gasteiger partial charge in [-0.2, -0.15) is 5.26 Å². The normalized spacial score (nSPS) is 14.6. The Hall–Kier alpha value is -1.01. The van der Waals surface area contributed by atoms with Crippen molar-refractivity contribution >= 4 is 29.6 Å². The Morgan fingerprint density at radius 1 is 1.38 bits per heavy atom. The van der Waals surface area contributed by atoms with E-state index in [-0.39, 0.29) is 12.4 Å². The molecule has 2 rings (SSSR count). The molecule has 0 bridgehead atoms. The van der Waals surface area contributed by atoms with Crippen LogP contribution in [0.2, 0.25) is 5.02 Å². The molecule has 0 unspecified atom stereocenters. The van der Waals surface area contributed by atoms with Crippen LogP contribution in [0.15, 0.2) is 24.3 Å². The van der Waals surface area contributed by atoms with Gasteiger partial charge in [-0.3, -0.25) is 0 Å². The Bertz CT molecular complexity index is 447. The smallest absolute Gasteiger partial charge is 0.0998 e. The average molecular weight is 255 g/mol. The predicted molar refractivity (Wildman–Crippen MR) is 68.9 cm³/mol. The molecule has 0 fully saturated rings. The molecular weight excluding hydrogens is 243 g/mol. The van der Waals surface area contributed by atoms with Gasteiger partial charge in [0.05, 0.1) is 11.6 Å². The van der Waals surface area contributed by atoms with E-state index in [0.29, 0.717) is 10.6 Å². The molecular formula is C12H12Cl2N2. The van der Waals surface area contributed by atoms with Crippen LogP contribution >= 0.6 is 24.0 Å². The largest absolute Gasteiger partial charge is 0.313 e. The highest BCUT2D eigenvalue weighted by atomic mass is 35.5. The summed E-state index contributed by atoms with van der Waals surface area (Å²) < 4.78 is 0. The molecule has 1 aromatic rings. The Balaban J connectivity index is 0.00000128. The molecule has 1 aliphatic rings. The maximum absolute atomic E-state index is 9.02. The maximum Gasteiger partial charge on any atom is 0.0998 e. The lowest BCUT2D eigenvalue weighted by molar-refractivity contribution is 0.738. The van der Waals surface area contributed by atoms with Crippen LogP contribution < -0.4 is 5.32 Å². The molecule has 0 saturated heterocycles. The predicted octanol–water partition coefficient (Wildman–Crippen LogP) is 3.01. The molecule has 0 saturated carbocycles.